The molecule has 0 spiro atoms. The molecule has 0 saturated heterocycles. The van der Waals surface area contributed by atoms with Gasteiger partial charge >= 0.3 is 19.8 Å². The summed E-state index contributed by atoms with van der Waals surface area (Å²) < 4.78 is 32.6. The zero-order valence-corrected chi connectivity index (χ0v) is 34.1. The number of ether oxygens (including phenoxy) is 2. The second-order valence-electron chi connectivity index (χ2n) is 13.6. The first-order valence-corrected chi connectivity index (χ1v) is 22.1. The molecule has 3 unspecified atom stereocenters. The van der Waals surface area contributed by atoms with Gasteiger partial charge in [-0.2, -0.15) is 0 Å². The van der Waals surface area contributed by atoms with Crippen molar-refractivity contribution in [2.45, 2.75) is 180 Å². The highest BCUT2D eigenvalue weighted by molar-refractivity contribution is 7.47. The second kappa shape index (κ2) is 38.2. The minimum Gasteiger partial charge on any atom is -0.462 e. The summed E-state index contributed by atoms with van der Waals surface area (Å²) in [6, 6.07) is 0. The van der Waals surface area contributed by atoms with Gasteiger partial charge in [-0.3, -0.25) is 18.6 Å². The van der Waals surface area contributed by atoms with Crippen molar-refractivity contribution < 1.29 is 47.8 Å². The van der Waals surface area contributed by atoms with Crippen LogP contribution in [0.3, 0.4) is 0 Å². The molecule has 0 fully saturated rings. The minimum absolute atomic E-state index is 0.147. The van der Waals surface area contributed by atoms with Gasteiger partial charge in [-0.05, 0) is 70.6 Å². The van der Waals surface area contributed by atoms with Gasteiger partial charge in [0.05, 0.1) is 19.8 Å². The van der Waals surface area contributed by atoms with E-state index in [1.807, 2.05) is 0 Å². The Morgan fingerprint density at radius 1 is 0.585 bits per heavy atom. The fraction of sp³-hybridized carbons (Fsp3) is 0.762. The molecule has 53 heavy (non-hydrogen) atoms. The lowest BCUT2D eigenvalue weighted by Crippen LogP contribution is -2.29. The van der Waals surface area contributed by atoms with Gasteiger partial charge in [0.15, 0.2) is 6.10 Å². The topological polar surface area (TPSA) is 149 Å². The molecule has 0 saturated carbocycles. The molecule has 11 heteroatoms. The van der Waals surface area contributed by atoms with Gasteiger partial charge in [0, 0.05) is 12.8 Å². The molecule has 0 aromatic heterocycles. The second-order valence-corrected chi connectivity index (χ2v) is 15.1. The van der Waals surface area contributed by atoms with Crippen LogP contribution in [0.1, 0.15) is 168 Å². The van der Waals surface area contributed by atoms with E-state index in [1.54, 1.807) is 0 Å². The molecule has 0 aliphatic rings. The number of carbonyl (C=O) groups is 2. The molecule has 0 aliphatic heterocycles. The lowest BCUT2D eigenvalue weighted by atomic mass is 10.1. The van der Waals surface area contributed by atoms with Crippen LogP contribution < -0.4 is 0 Å². The Morgan fingerprint density at radius 3 is 1.60 bits per heavy atom. The smallest absolute Gasteiger partial charge is 0.462 e. The summed E-state index contributed by atoms with van der Waals surface area (Å²) in [6.07, 6.45) is 39.4. The van der Waals surface area contributed by atoms with Crippen LogP contribution in [0.4, 0.5) is 0 Å². The lowest BCUT2D eigenvalue weighted by Gasteiger charge is -2.20. The molecule has 0 heterocycles. The third kappa shape index (κ3) is 38.0. The zero-order valence-electron chi connectivity index (χ0n) is 33.2. The Balaban J connectivity index is 4.35. The third-order valence-electron chi connectivity index (χ3n) is 8.47. The summed E-state index contributed by atoms with van der Waals surface area (Å²) >= 11 is 0. The van der Waals surface area contributed by atoms with E-state index in [4.69, 9.17) is 19.1 Å². The summed E-state index contributed by atoms with van der Waals surface area (Å²) in [5, 5.41) is 18.3. The molecule has 308 valence electrons. The fourth-order valence-corrected chi connectivity index (χ4v) is 6.08. The maximum atomic E-state index is 12.6. The average molecular weight is 771 g/mol. The number of phosphoric ester groups is 1. The van der Waals surface area contributed by atoms with Gasteiger partial charge in [-0.15, -0.1) is 0 Å². The summed E-state index contributed by atoms with van der Waals surface area (Å²) in [5.41, 5.74) is 0. The van der Waals surface area contributed by atoms with Crippen LogP contribution in [-0.4, -0.2) is 65.7 Å². The summed E-state index contributed by atoms with van der Waals surface area (Å²) in [7, 11) is -4.62. The molecule has 0 aromatic carbocycles. The van der Waals surface area contributed by atoms with Crippen molar-refractivity contribution in [1.29, 1.82) is 0 Å². The van der Waals surface area contributed by atoms with Crippen LogP contribution >= 0.6 is 7.82 Å². The van der Waals surface area contributed by atoms with Crippen molar-refractivity contribution >= 4 is 19.8 Å². The number of phosphoric acid groups is 1. The number of esters is 2. The Hall–Kier alpha value is -2.07. The van der Waals surface area contributed by atoms with Crippen LogP contribution in [-0.2, 0) is 32.7 Å². The molecule has 0 amide bonds. The monoisotopic (exact) mass is 771 g/mol. The zero-order chi connectivity index (χ0) is 39.1. The molecular weight excluding hydrogens is 695 g/mol. The van der Waals surface area contributed by atoms with Gasteiger partial charge in [-0.1, -0.05) is 133 Å². The van der Waals surface area contributed by atoms with Crippen LogP contribution in [0, 0.1) is 0 Å². The SMILES string of the molecule is CC/C=C\C/C=C\C/C=C\CCCCCC(=O)OC(COC(=O)CCCCCCCCC/C=C\CCCCCCCC)COP(=O)(O)OCC(O)CO. The molecule has 3 atom stereocenters. The van der Waals surface area contributed by atoms with Crippen molar-refractivity contribution in [2.24, 2.45) is 0 Å². The lowest BCUT2D eigenvalue weighted by molar-refractivity contribution is -0.161. The summed E-state index contributed by atoms with van der Waals surface area (Å²) in [6.45, 7) is 2.21. The van der Waals surface area contributed by atoms with Gasteiger partial charge in [-0.25, -0.2) is 4.57 Å². The van der Waals surface area contributed by atoms with Crippen LogP contribution in [0.5, 0.6) is 0 Å². The quantitative estimate of drug-likeness (QED) is 0.0240. The maximum absolute atomic E-state index is 12.6. The van der Waals surface area contributed by atoms with E-state index in [0.29, 0.717) is 12.8 Å². The van der Waals surface area contributed by atoms with Gasteiger partial charge in [0.25, 0.3) is 0 Å². The molecule has 0 aliphatic carbocycles. The van der Waals surface area contributed by atoms with Gasteiger partial charge in [0.1, 0.15) is 12.7 Å². The Morgan fingerprint density at radius 2 is 1.04 bits per heavy atom. The highest BCUT2D eigenvalue weighted by atomic mass is 31.2. The predicted molar refractivity (Wildman–Crippen MR) is 214 cm³/mol. The Labute approximate surface area is 322 Å². The number of aliphatic hydroxyl groups excluding tert-OH is 2. The number of aliphatic hydroxyl groups is 2. The van der Waals surface area contributed by atoms with E-state index in [2.05, 4.69) is 67.0 Å². The highest BCUT2D eigenvalue weighted by Gasteiger charge is 2.27. The molecule has 0 aromatic rings. The van der Waals surface area contributed by atoms with Crippen molar-refractivity contribution in [3.8, 4) is 0 Å². The summed E-state index contributed by atoms with van der Waals surface area (Å²) in [4.78, 5) is 34.9. The number of unbranched alkanes of at least 4 members (excludes halogenated alkanes) is 16. The minimum atomic E-state index is -4.62. The van der Waals surface area contributed by atoms with Crippen LogP contribution in [0.2, 0.25) is 0 Å². The van der Waals surface area contributed by atoms with Crippen LogP contribution in [0.15, 0.2) is 48.6 Å². The molecule has 10 nitrogen and oxygen atoms in total. The third-order valence-corrected chi connectivity index (χ3v) is 9.42. The number of hydrogen-bond donors (Lipinski definition) is 3. The number of allylic oxidation sites excluding steroid dienone is 8. The standard InChI is InChI=1S/C42H75O10P/c1-3-5-7-9-11-13-15-17-18-19-20-22-23-25-27-29-31-33-41(45)49-37-40(38-51-53(47,48)50-36-39(44)35-43)52-42(46)34-32-30-28-26-24-21-16-14-12-10-8-6-4-2/h6,8,12,14,17-18,21,24,39-40,43-44H,3-5,7,9-11,13,15-16,19-20,22-23,25-38H2,1-2H3,(H,47,48)/b8-6-,14-12-,18-17-,24-21-. The van der Waals surface area contributed by atoms with Gasteiger partial charge < -0.3 is 24.6 Å². The van der Waals surface area contributed by atoms with Crippen molar-refractivity contribution in [2.75, 3.05) is 26.4 Å². The normalized spacial score (nSPS) is 14.4. The first-order valence-electron chi connectivity index (χ1n) is 20.6. The van der Waals surface area contributed by atoms with Crippen LogP contribution in [0.25, 0.3) is 0 Å². The van der Waals surface area contributed by atoms with E-state index in [0.717, 1.165) is 64.2 Å². The molecule has 0 bridgehead atoms. The molecule has 0 radical (unpaired) electrons. The fourth-order valence-electron chi connectivity index (χ4n) is 5.30. The Bertz CT molecular complexity index is 1030. The largest absolute Gasteiger partial charge is 0.472 e. The molecular formula is C42H75O10P. The first-order chi connectivity index (χ1) is 25.7. The molecule has 3 N–H and O–H groups in total. The Kier molecular flexibility index (Phi) is 36.7. The van der Waals surface area contributed by atoms with E-state index in [1.165, 1.54) is 64.2 Å². The average Bonchev–Trinajstić information content (AvgIpc) is 3.14. The van der Waals surface area contributed by atoms with Crippen molar-refractivity contribution in [3.63, 3.8) is 0 Å². The van der Waals surface area contributed by atoms with E-state index in [9.17, 15) is 24.2 Å². The number of hydrogen-bond acceptors (Lipinski definition) is 9. The van der Waals surface area contributed by atoms with E-state index >= 15 is 0 Å². The maximum Gasteiger partial charge on any atom is 0.472 e. The van der Waals surface area contributed by atoms with Gasteiger partial charge in [0.2, 0.25) is 0 Å². The van der Waals surface area contributed by atoms with Crippen molar-refractivity contribution in [3.05, 3.63) is 48.6 Å². The molecule has 0 rings (SSSR count). The first kappa shape index (κ1) is 50.9. The van der Waals surface area contributed by atoms with E-state index < -0.39 is 51.8 Å². The van der Waals surface area contributed by atoms with Crippen molar-refractivity contribution in [1.82, 2.24) is 0 Å². The number of carbonyl (C=O) groups excluding carboxylic acids is 2. The van der Waals surface area contributed by atoms with E-state index in [-0.39, 0.29) is 19.4 Å². The highest BCUT2D eigenvalue weighted by Crippen LogP contribution is 2.43. The summed E-state index contributed by atoms with van der Waals surface area (Å²) in [5.74, 6) is -0.966. The number of rotatable bonds is 38. The predicted octanol–water partition coefficient (Wildman–Crippen LogP) is 10.6.